The summed E-state index contributed by atoms with van der Waals surface area (Å²) in [5, 5.41) is 3.93. The van der Waals surface area contributed by atoms with Gasteiger partial charge in [-0.05, 0) is 50.7 Å². The number of rotatable bonds is 6. The number of carbonyl (C=O) groups is 3. The Kier molecular flexibility index (Phi) is 5.23. The number of halogens is 2. The molecule has 1 unspecified atom stereocenters. The second-order valence-electron chi connectivity index (χ2n) is 6.73. The van der Waals surface area contributed by atoms with Crippen molar-refractivity contribution in [3.63, 3.8) is 0 Å². The minimum Gasteiger partial charge on any atom is -0.399 e. The van der Waals surface area contributed by atoms with E-state index in [-0.39, 0.29) is 16.5 Å². The molecule has 0 bridgehead atoms. The molecule has 1 aromatic carbocycles. The van der Waals surface area contributed by atoms with Crippen LogP contribution < -0.4 is 0 Å². The molecule has 0 amide bonds. The van der Waals surface area contributed by atoms with Gasteiger partial charge in [0.05, 0.1) is 10.7 Å². The third kappa shape index (κ3) is 3.30. The summed E-state index contributed by atoms with van der Waals surface area (Å²) in [5.41, 5.74) is 1.02. The van der Waals surface area contributed by atoms with Crippen molar-refractivity contribution in [3.05, 3.63) is 33.6 Å². The van der Waals surface area contributed by atoms with E-state index >= 15 is 0 Å². The first-order valence-electron chi connectivity index (χ1n) is 8.56. The smallest absolute Gasteiger partial charge is 0.182 e. The molecule has 138 valence electrons. The van der Waals surface area contributed by atoms with Crippen LogP contribution in [0.2, 0.25) is 5.02 Å². The number of oxime groups is 1. The molecule has 2 aliphatic carbocycles. The molecule has 1 saturated carbocycles. The Morgan fingerprint density at radius 3 is 2.58 bits per heavy atom. The van der Waals surface area contributed by atoms with Crippen LogP contribution in [0.25, 0.3) is 0 Å². The zero-order valence-electron chi connectivity index (χ0n) is 14.6. The molecule has 1 fully saturated rings. The SMILES string of the molecule is CO/N=C1/CCCc2c(F)cc(C(=O)C(C(C)=O)C(=O)C3CC3)c(Cl)c21. The molecule has 3 rings (SSSR count). The van der Waals surface area contributed by atoms with Gasteiger partial charge in [0, 0.05) is 17.0 Å². The molecular formula is C19H19ClFNO4. The summed E-state index contributed by atoms with van der Waals surface area (Å²) >= 11 is 6.43. The molecule has 0 N–H and O–H groups in total. The molecule has 0 heterocycles. The highest BCUT2D eigenvalue weighted by Crippen LogP contribution is 2.37. The minimum atomic E-state index is -1.43. The Hall–Kier alpha value is -2.08. The summed E-state index contributed by atoms with van der Waals surface area (Å²) in [7, 11) is 1.38. The van der Waals surface area contributed by atoms with Crippen LogP contribution in [0.5, 0.6) is 0 Å². The van der Waals surface area contributed by atoms with Crippen molar-refractivity contribution in [1.82, 2.24) is 0 Å². The van der Waals surface area contributed by atoms with Gasteiger partial charge in [-0.1, -0.05) is 16.8 Å². The molecule has 1 aromatic rings. The molecule has 7 heteroatoms. The maximum Gasteiger partial charge on any atom is 0.182 e. The maximum absolute atomic E-state index is 14.6. The van der Waals surface area contributed by atoms with Gasteiger partial charge in [-0.3, -0.25) is 14.4 Å². The second kappa shape index (κ2) is 7.27. The maximum atomic E-state index is 14.6. The Bertz CT molecular complexity index is 829. The van der Waals surface area contributed by atoms with Crippen LogP contribution in [0.1, 0.15) is 54.1 Å². The van der Waals surface area contributed by atoms with Crippen LogP contribution in [0.4, 0.5) is 4.39 Å². The van der Waals surface area contributed by atoms with Crippen molar-refractivity contribution in [1.29, 1.82) is 0 Å². The number of carbonyl (C=O) groups excluding carboxylic acids is 3. The largest absolute Gasteiger partial charge is 0.399 e. The van der Waals surface area contributed by atoms with Crippen molar-refractivity contribution in [2.75, 3.05) is 7.11 Å². The summed E-state index contributed by atoms with van der Waals surface area (Å²) in [5.74, 6) is -3.97. The lowest BCUT2D eigenvalue weighted by Gasteiger charge is -2.22. The fourth-order valence-corrected chi connectivity index (χ4v) is 3.79. The van der Waals surface area contributed by atoms with Gasteiger partial charge < -0.3 is 4.84 Å². The van der Waals surface area contributed by atoms with E-state index in [4.69, 9.17) is 16.4 Å². The first-order valence-corrected chi connectivity index (χ1v) is 8.94. The van der Waals surface area contributed by atoms with Crippen LogP contribution in [0.15, 0.2) is 11.2 Å². The molecule has 2 aliphatic rings. The lowest BCUT2D eigenvalue weighted by molar-refractivity contribution is -0.130. The molecule has 0 spiro atoms. The average molecular weight is 380 g/mol. The predicted molar refractivity (Wildman–Crippen MR) is 94.1 cm³/mol. The lowest BCUT2D eigenvalue weighted by Crippen LogP contribution is -2.32. The fourth-order valence-electron chi connectivity index (χ4n) is 3.42. The number of nitrogens with zero attached hydrogens (tertiary/aromatic N) is 1. The average Bonchev–Trinajstić information content (AvgIpc) is 3.43. The van der Waals surface area contributed by atoms with E-state index in [1.165, 1.54) is 14.0 Å². The predicted octanol–water partition coefficient (Wildman–Crippen LogP) is 3.53. The highest BCUT2D eigenvalue weighted by molar-refractivity contribution is 6.39. The topological polar surface area (TPSA) is 72.8 Å². The van der Waals surface area contributed by atoms with Crippen LogP contribution in [-0.2, 0) is 20.8 Å². The monoisotopic (exact) mass is 379 g/mol. The van der Waals surface area contributed by atoms with E-state index < -0.39 is 29.1 Å². The Labute approximate surface area is 155 Å². The van der Waals surface area contributed by atoms with Crippen molar-refractivity contribution in [2.45, 2.75) is 39.0 Å². The first kappa shape index (κ1) is 18.7. The number of ketones is 3. The van der Waals surface area contributed by atoms with Gasteiger partial charge in [-0.2, -0.15) is 0 Å². The minimum absolute atomic E-state index is 0.0248. The molecule has 0 aromatic heterocycles. The molecule has 1 atom stereocenters. The molecule has 0 radical (unpaired) electrons. The molecule has 5 nitrogen and oxygen atoms in total. The quantitative estimate of drug-likeness (QED) is 0.430. The summed E-state index contributed by atoms with van der Waals surface area (Å²) in [6.45, 7) is 1.20. The third-order valence-electron chi connectivity index (χ3n) is 4.85. The van der Waals surface area contributed by atoms with E-state index in [2.05, 4.69) is 5.16 Å². The van der Waals surface area contributed by atoms with Gasteiger partial charge in [0.25, 0.3) is 0 Å². The molecule has 0 aliphatic heterocycles. The Morgan fingerprint density at radius 2 is 2.00 bits per heavy atom. The second-order valence-corrected chi connectivity index (χ2v) is 7.11. The van der Waals surface area contributed by atoms with E-state index in [1.807, 2.05) is 0 Å². The Morgan fingerprint density at radius 1 is 1.31 bits per heavy atom. The number of benzene rings is 1. The summed E-state index contributed by atoms with van der Waals surface area (Å²) in [6, 6.07) is 1.04. The standard InChI is InChI=1S/C19H19ClFNO4/c1-9(23)15(18(24)10-6-7-10)19(25)12-8-13(21)11-4-3-5-14(22-26-2)16(11)17(12)20/h8,10,15H,3-7H2,1-2H3/b22-14-. The van der Waals surface area contributed by atoms with Crippen molar-refractivity contribution >= 4 is 34.7 Å². The van der Waals surface area contributed by atoms with Crippen LogP contribution >= 0.6 is 11.6 Å². The van der Waals surface area contributed by atoms with E-state index in [1.54, 1.807) is 0 Å². The van der Waals surface area contributed by atoms with Crippen molar-refractivity contribution in [3.8, 4) is 0 Å². The van der Waals surface area contributed by atoms with Gasteiger partial charge >= 0.3 is 0 Å². The zero-order valence-corrected chi connectivity index (χ0v) is 15.4. The van der Waals surface area contributed by atoms with E-state index in [9.17, 15) is 18.8 Å². The number of Topliss-reactive ketones (excluding diaryl/α,β-unsaturated/α-hetero) is 3. The molecule has 0 saturated heterocycles. The number of hydrogen-bond donors (Lipinski definition) is 0. The summed E-state index contributed by atoms with van der Waals surface area (Å²) in [4.78, 5) is 42.1. The fraction of sp³-hybridized carbons (Fsp3) is 0.474. The van der Waals surface area contributed by atoms with Gasteiger partial charge in [-0.15, -0.1) is 0 Å². The lowest BCUT2D eigenvalue weighted by atomic mass is 9.83. The van der Waals surface area contributed by atoms with Crippen molar-refractivity contribution < 1.29 is 23.6 Å². The first-order chi connectivity index (χ1) is 12.4. The summed E-state index contributed by atoms with van der Waals surface area (Å²) in [6.07, 6.45) is 3.04. The van der Waals surface area contributed by atoms with Gasteiger partial charge in [0.2, 0.25) is 0 Å². The molecular weight excluding hydrogens is 361 g/mol. The van der Waals surface area contributed by atoms with Crippen molar-refractivity contribution in [2.24, 2.45) is 17.0 Å². The molecule has 26 heavy (non-hydrogen) atoms. The third-order valence-corrected chi connectivity index (χ3v) is 5.24. The van der Waals surface area contributed by atoms with E-state index in [0.29, 0.717) is 48.9 Å². The highest BCUT2D eigenvalue weighted by Gasteiger charge is 2.42. The van der Waals surface area contributed by atoms with Gasteiger partial charge in [0.15, 0.2) is 11.6 Å². The summed E-state index contributed by atoms with van der Waals surface area (Å²) < 4.78 is 14.6. The Balaban J connectivity index is 2.10. The van der Waals surface area contributed by atoms with E-state index in [0.717, 1.165) is 6.07 Å². The van der Waals surface area contributed by atoms with Crippen LogP contribution in [0, 0.1) is 17.7 Å². The number of fused-ring (bicyclic) bond motifs is 1. The normalized spacial score (nSPS) is 19.0. The van der Waals surface area contributed by atoms with Gasteiger partial charge in [-0.25, -0.2) is 4.39 Å². The van der Waals surface area contributed by atoms with Gasteiger partial charge in [0.1, 0.15) is 24.6 Å². The van der Waals surface area contributed by atoms with Crippen LogP contribution in [0.3, 0.4) is 0 Å². The van der Waals surface area contributed by atoms with Crippen LogP contribution in [-0.4, -0.2) is 30.2 Å². The number of hydrogen-bond acceptors (Lipinski definition) is 5. The zero-order chi connectivity index (χ0) is 19.0. The highest BCUT2D eigenvalue weighted by atomic mass is 35.5.